The molecule has 0 aliphatic carbocycles. The number of benzene rings is 1. The van der Waals surface area contributed by atoms with E-state index in [1.165, 1.54) is 16.9 Å². The van der Waals surface area contributed by atoms with E-state index >= 15 is 0 Å². The number of rotatable bonds is 6. The average molecular weight is 209 g/mol. The molecule has 1 rings (SSSR count). The molecule has 1 aromatic carbocycles. The lowest BCUT2D eigenvalue weighted by molar-refractivity contribution is 0.671. The molecule has 0 aromatic heterocycles. The lowest BCUT2D eigenvalue weighted by atomic mass is 10.1. The van der Waals surface area contributed by atoms with Crippen LogP contribution in [0.5, 0.6) is 0 Å². The Labute approximate surface area is 91.3 Å². The Hall–Kier alpha value is -0.470. The zero-order valence-electron chi connectivity index (χ0n) is 9.05. The zero-order valence-corrected chi connectivity index (χ0v) is 9.86. The summed E-state index contributed by atoms with van der Waals surface area (Å²) in [7, 11) is 0. The van der Waals surface area contributed by atoms with Crippen LogP contribution in [0.4, 0.5) is 0 Å². The van der Waals surface area contributed by atoms with Crippen LogP contribution in [-0.4, -0.2) is 19.3 Å². The Balaban J connectivity index is 2.29. The van der Waals surface area contributed by atoms with Crippen LogP contribution in [0.1, 0.15) is 18.9 Å². The number of thioether (sulfide) groups is 1. The molecule has 1 aromatic rings. The van der Waals surface area contributed by atoms with Gasteiger partial charge in [0.15, 0.2) is 0 Å². The molecule has 0 aliphatic heterocycles. The Bertz CT molecular complexity index is 243. The van der Waals surface area contributed by atoms with Gasteiger partial charge in [0.25, 0.3) is 0 Å². The van der Waals surface area contributed by atoms with E-state index in [9.17, 15) is 0 Å². The van der Waals surface area contributed by atoms with Crippen molar-refractivity contribution in [1.29, 1.82) is 0 Å². The largest absolute Gasteiger partial charge is 0.316 e. The average Bonchev–Trinajstić information content (AvgIpc) is 2.25. The number of nitrogens with one attached hydrogen (secondary N) is 1. The molecule has 0 unspecified atom stereocenters. The molecular formula is C12H19NS. The van der Waals surface area contributed by atoms with Crippen LogP contribution in [0.15, 0.2) is 29.2 Å². The quantitative estimate of drug-likeness (QED) is 0.571. The second-order valence-corrected chi connectivity index (χ2v) is 4.23. The van der Waals surface area contributed by atoms with Gasteiger partial charge in [-0.15, -0.1) is 11.8 Å². The van der Waals surface area contributed by atoms with Crippen LogP contribution in [0.2, 0.25) is 0 Å². The predicted octanol–water partition coefficient (Wildman–Crippen LogP) is 2.95. The fourth-order valence-electron chi connectivity index (χ4n) is 1.33. The van der Waals surface area contributed by atoms with E-state index in [-0.39, 0.29) is 0 Å². The van der Waals surface area contributed by atoms with E-state index in [0.717, 1.165) is 19.5 Å². The van der Waals surface area contributed by atoms with Gasteiger partial charge in [0.1, 0.15) is 0 Å². The summed E-state index contributed by atoms with van der Waals surface area (Å²) < 4.78 is 0. The highest BCUT2D eigenvalue weighted by atomic mass is 32.2. The van der Waals surface area contributed by atoms with Gasteiger partial charge in [0, 0.05) is 4.90 Å². The van der Waals surface area contributed by atoms with Crippen molar-refractivity contribution in [3.05, 3.63) is 29.8 Å². The van der Waals surface area contributed by atoms with Gasteiger partial charge in [-0.05, 0) is 49.9 Å². The van der Waals surface area contributed by atoms with Crippen molar-refractivity contribution in [2.75, 3.05) is 19.3 Å². The maximum atomic E-state index is 3.41. The third-order valence-electron chi connectivity index (χ3n) is 2.18. The molecule has 2 heteroatoms. The number of hydrogen-bond donors (Lipinski definition) is 1. The normalized spacial score (nSPS) is 10.4. The highest BCUT2D eigenvalue weighted by molar-refractivity contribution is 7.98. The van der Waals surface area contributed by atoms with Gasteiger partial charge in [-0.1, -0.05) is 19.1 Å². The molecule has 0 saturated carbocycles. The van der Waals surface area contributed by atoms with Crippen LogP contribution >= 0.6 is 11.8 Å². The second kappa shape index (κ2) is 6.91. The first-order chi connectivity index (χ1) is 6.86. The molecule has 0 spiro atoms. The smallest absolute Gasteiger partial charge is 0.00693 e. The van der Waals surface area contributed by atoms with Crippen LogP contribution in [0.25, 0.3) is 0 Å². The standard InChI is InChI=1S/C12H19NS/c1-3-9-13-10-8-11-4-6-12(14-2)7-5-11/h4-7,13H,3,8-10H2,1-2H3. The molecule has 0 heterocycles. The molecule has 0 fully saturated rings. The highest BCUT2D eigenvalue weighted by Gasteiger charge is 1.93. The summed E-state index contributed by atoms with van der Waals surface area (Å²) in [4.78, 5) is 1.34. The summed E-state index contributed by atoms with van der Waals surface area (Å²) in [6.07, 6.45) is 4.46. The maximum absolute atomic E-state index is 3.41. The maximum Gasteiger partial charge on any atom is 0.00693 e. The Morgan fingerprint density at radius 3 is 2.43 bits per heavy atom. The van der Waals surface area contributed by atoms with E-state index < -0.39 is 0 Å². The molecular weight excluding hydrogens is 190 g/mol. The summed E-state index contributed by atoms with van der Waals surface area (Å²) in [6.45, 7) is 4.41. The van der Waals surface area contributed by atoms with Crippen molar-refractivity contribution in [3.63, 3.8) is 0 Å². The summed E-state index contributed by atoms with van der Waals surface area (Å²) >= 11 is 1.79. The van der Waals surface area contributed by atoms with Crippen molar-refractivity contribution < 1.29 is 0 Å². The predicted molar refractivity (Wildman–Crippen MR) is 65.1 cm³/mol. The van der Waals surface area contributed by atoms with Gasteiger partial charge in [0.05, 0.1) is 0 Å². The van der Waals surface area contributed by atoms with E-state index in [1.54, 1.807) is 11.8 Å². The molecule has 0 atom stereocenters. The summed E-state index contributed by atoms with van der Waals surface area (Å²) in [5, 5.41) is 3.41. The minimum absolute atomic E-state index is 1.09. The zero-order chi connectivity index (χ0) is 10.2. The minimum atomic E-state index is 1.09. The molecule has 0 saturated heterocycles. The van der Waals surface area contributed by atoms with Gasteiger partial charge in [-0.2, -0.15) is 0 Å². The lowest BCUT2D eigenvalue weighted by Gasteiger charge is -2.03. The first-order valence-corrected chi connectivity index (χ1v) is 6.43. The fourth-order valence-corrected chi connectivity index (χ4v) is 1.73. The molecule has 1 N–H and O–H groups in total. The third-order valence-corrected chi connectivity index (χ3v) is 2.92. The van der Waals surface area contributed by atoms with E-state index in [4.69, 9.17) is 0 Å². The summed E-state index contributed by atoms with van der Waals surface area (Å²) in [5.74, 6) is 0. The fraction of sp³-hybridized carbons (Fsp3) is 0.500. The van der Waals surface area contributed by atoms with Crippen LogP contribution in [-0.2, 0) is 6.42 Å². The van der Waals surface area contributed by atoms with Crippen molar-refractivity contribution >= 4 is 11.8 Å². The van der Waals surface area contributed by atoms with E-state index in [2.05, 4.69) is 42.8 Å². The van der Waals surface area contributed by atoms with Gasteiger partial charge in [0.2, 0.25) is 0 Å². The molecule has 0 amide bonds. The third kappa shape index (κ3) is 4.16. The van der Waals surface area contributed by atoms with Crippen LogP contribution in [0, 0.1) is 0 Å². The van der Waals surface area contributed by atoms with Crippen LogP contribution in [0.3, 0.4) is 0 Å². The SMILES string of the molecule is CCCNCCc1ccc(SC)cc1. The molecule has 0 radical (unpaired) electrons. The molecule has 0 bridgehead atoms. The first kappa shape index (κ1) is 11.6. The number of hydrogen-bond acceptors (Lipinski definition) is 2. The highest BCUT2D eigenvalue weighted by Crippen LogP contribution is 2.14. The summed E-state index contributed by atoms with van der Waals surface area (Å²) in [6, 6.07) is 8.83. The molecule has 1 nitrogen and oxygen atoms in total. The molecule has 0 aliphatic rings. The van der Waals surface area contributed by atoms with Gasteiger partial charge in [-0.25, -0.2) is 0 Å². The molecule has 78 valence electrons. The van der Waals surface area contributed by atoms with Gasteiger partial charge >= 0.3 is 0 Å². The Morgan fingerprint density at radius 1 is 1.14 bits per heavy atom. The Morgan fingerprint density at radius 2 is 1.86 bits per heavy atom. The van der Waals surface area contributed by atoms with E-state index in [0.29, 0.717) is 0 Å². The minimum Gasteiger partial charge on any atom is -0.316 e. The van der Waals surface area contributed by atoms with Gasteiger partial charge < -0.3 is 5.32 Å². The van der Waals surface area contributed by atoms with Crippen molar-refractivity contribution in [2.24, 2.45) is 0 Å². The van der Waals surface area contributed by atoms with Crippen molar-refractivity contribution in [1.82, 2.24) is 5.32 Å². The molecule has 14 heavy (non-hydrogen) atoms. The van der Waals surface area contributed by atoms with Crippen molar-refractivity contribution in [3.8, 4) is 0 Å². The van der Waals surface area contributed by atoms with Crippen LogP contribution < -0.4 is 5.32 Å². The Kier molecular flexibility index (Phi) is 5.72. The lowest BCUT2D eigenvalue weighted by Crippen LogP contribution is -2.17. The summed E-state index contributed by atoms with van der Waals surface area (Å²) in [5.41, 5.74) is 1.42. The van der Waals surface area contributed by atoms with E-state index in [1.807, 2.05) is 0 Å². The van der Waals surface area contributed by atoms with Crippen molar-refractivity contribution in [2.45, 2.75) is 24.7 Å². The van der Waals surface area contributed by atoms with Gasteiger partial charge in [-0.3, -0.25) is 0 Å². The first-order valence-electron chi connectivity index (χ1n) is 5.20. The monoisotopic (exact) mass is 209 g/mol. The second-order valence-electron chi connectivity index (χ2n) is 3.35. The topological polar surface area (TPSA) is 12.0 Å².